The molecule has 16 heavy (non-hydrogen) atoms. The van der Waals surface area contributed by atoms with Crippen molar-refractivity contribution in [1.29, 1.82) is 0 Å². The van der Waals surface area contributed by atoms with Gasteiger partial charge in [-0.15, -0.1) is 0 Å². The van der Waals surface area contributed by atoms with E-state index >= 15 is 0 Å². The van der Waals surface area contributed by atoms with Gasteiger partial charge in [0.2, 0.25) is 0 Å². The highest BCUT2D eigenvalue weighted by Gasteiger charge is 2.14. The predicted octanol–water partition coefficient (Wildman–Crippen LogP) is 3.91. The van der Waals surface area contributed by atoms with Gasteiger partial charge in [0.25, 0.3) is 0 Å². The quantitative estimate of drug-likeness (QED) is 0.781. The van der Waals surface area contributed by atoms with Crippen LogP contribution in [0.1, 0.15) is 32.1 Å². The van der Waals surface area contributed by atoms with Crippen LogP contribution in [-0.2, 0) is 0 Å². The molecule has 0 aromatic heterocycles. The first-order chi connectivity index (χ1) is 7.77. The molecule has 0 bridgehead atoms. The lowest BCUT2D eigenvalue weighted by molar-refractivity contribution is 0.519. The first-order valence-electron chi connectivity index (χ1n) is 6.05. The topological polar surface area (TPSA) is 38.0 Å². The van der Waals surface area contributed by atoms with Crippen LogP contribution in [-0.4, -0.2) is 6.54 Å². The average molecular weight is 239 g/mol. The maximum Gasteiger partial charge on any atom is 0.0763 e. The van der Waals surface area contributed by atoms with Crippen LogP contribution in [0, 0.1) is 5.92 Å². The molecule has 0 amide bonds. The number of anilines is 2. The summed E-state index contributed by atoms with van der Waals surface area (Å²) in [4.78, 5) is 0. The number of hydrogen-bond acceptors (Lipinski definition) is 2. The highest BCUT2D eigenvalue weighted by Crippen LogP contribution is 2.30. The zero-order chi connectivity index (χ0) is 11.4. The van der Waals surface area contributed by atoms with Crippen molar-refractivity contribution in [3.05, 3.63) is 23.2 Å². The second-order valence-electron chi connectivity index (χ2n) is 4.57. The Bertz CT molecular complexity index is 326. The number of nitrogens with two attached hydrogens (primary N) is 1. The van der Waals surface area contributed by atoms with E-state index < -0.39 is 0 Å². The Labute approximate surface area is 102 Å². The maximum atomic E-state index is 6.08. The predicted molar refractivity (Wildman–Crippen MR) is 70.9 cm³/mol. The number of rotatable bonds is 4. The summed E-state index contributed by atoms with van der Waals surface area (Å²) < 4.78 is 0. The molecule has 0 atom stereocenters. The van der Waals surface area contributed by atoms with Crippen molar-refractivity contribution in [1.82, 2.24) is 0 Å². The molecule has 1 aromatic rings. The van der Waals surface area contributed by atoms with Crippen LogP contribution < -0.4 is 11.1 Å². The molecule has 0 radical (unpaired) electrons. The minimum atomic E-state index is 0.714. The van der Waals surface area contributed by atoms with Crippen LogP contribution in [0.15, 0.2) is 18.2 Å². The third-order valence-corrected chi connectivity index (χ3v) is 3.69. The number of halogens is 1. The van der Waals surface area contributed by atoms with Gasteiger partial charge in [0, 0.05) is 6.54 Å². The van der Waals surface area contributed by atoms with E-state index in [1.54, 1.807) is 0 Å². The van der Waals surface area contributed by atoms with Crippen LogP contribution in [0.2, 0.25) is 5.02 Å². The maximum absolute atomic E-state index is 6.08. The number of nitrogen functional groups attached to an aromatic ring is 1. The van der Waals surface area contributed by atoms with Crippen molar-refractivity contribution >= 4 is 23.0 Å². The van der Waals surface area contributed by atoms with Crippen LogP contribution in [0.3, 0.4) is 0 Å². The van der Waals surface area contributed by atoms with Crippen LogP contribution in [0.25, 0.3) is 0 Å². The lowest BCUT2D eigenvalue weighted by Crippen LogP contribution is -2.08. The second kappa shape index (κ2) is 5.44. The van der Waals surface area contributed by atoms with Crippen molar-refractivity contribution < 1.29 is 0 Å². The molecular weight excluding hydrogens is 220 g/mol. The summed E-state index contributed by atoms with van der Waals surface area (Å²) in [6.07, 6.45) is 6.81. The Balaban J connectivity index is 1.84. The van der Waals surface area contributed by atoms with Crippen molar-refractivity contribution in [3.63, 3.8) is 0 Å². The van der Waals surface area contributed by atoms with E-state index in [-0.39, 0.29) is 0 Å². The van der Waals surface area contributed by atoms with Crippen molar-refractivity contribution in [2.45, 2.75) is 32.1 Å². The average Bonchev–Trinajstić information content (AvgIpc) is 2.75. The van der Waals surface area contributed by atoms with Gasteiger partial charge >= 0.3 is 0 Å². The van der Waals surface area contributed by atoms with Gasteiger partial charge in [0.15, 0.2) is 0 Å². The minimum absolute atomic E-state index is 0.714. The molecule has 1 aliphatic rings. The van der Waals surface area contributed by atoms with Gasteiger partial charge < -0.3 is 11.1 Å². The molecule has 3 heteroatoms. The Hall–Kier alpha value is -0.890. The second-order valence-corrected chi connectivity index (χ2v) is 4.98. The van der Waals surface area contributed by atoms with E-state index in [2.05, 4.69) is 5.32 Å². The van der Waals surface area contributed by atoms with E-state index in [1.807, 2.05) is 18.2 Å². The third-order valence-electron chi connectivity index (χ3n) is 3.37. The van der Waals surface area contributed by atoms with E-state index in [0.29, 0.717) is 5.02 Å². The summed E-state index contributed by atoms with van der Waals surface area (Å²) in [6.45, 7) is 0.971. The summed E-state index contributed by atoms with van der Waals surface area (Å²) in [5.74, 6) is 0.899. The summed E-state index contributed by atoms with van der Waals surface area (Å²) in [6, 6.07) is 5.62. The molecule has 3 N–H and O–H groups in total. The number of benzene rings is 1. The number of hydrogen-bond donors (Lipinski definition) is 2. The zero-order valence-electron chi connectivity index (χ0n) is 9.51. The smallest absolute Gasteiger partial charge is 0.0763 e. The lowest BCUT2D eigenvalue weighted by Gasteiger charge is -2.13. The number of para-hydroxylation sites is 1. The zero-order valence-corrected chi connectivity index (χ0v) is 10.3. The van der Waals surface area contributed by atoms with Crippen LogP contribution in [0.5, 0.6) is 0 Å². The molecule has 1 fully saturated rings. The Morgan fingerprint density at radius 1 is 1.31 bits per heavy atom. The minimum Gasteiger partial charge on any atom is -0.397 e. The van der Waals surface area contributed by atoms with E-state index in [1.165, 1.54) is 32.1 Å². The normalized spacial score (nSPS) is 16.6. The molecule has 1 saturated carbocycles. The molecule has 88 valence electrons. The molecule has 0 saturated heterocycles. The fraction of sp³-hybridized carbons (Fsp3) is 0.538. The fourth-order valence-electron chi connectivity index (χ4n) is 2.43. The summed E-state index contributed by atoms with van der Waals surface area (Å²) in [5, 5.41) is 4.07. The standard InChI is InChI=1S/C13H19ClN2/c14-11-6-3-7-12(15)13(11)16-9-8-10-4-1-2-5-10/h3,6-7,10,16H,1-2,4-5,8-9,15H2. The highest BCUT2D eigenvalue weighted by molar-refractivity contribution is 6.33. The van der Waals surface area contributed by atoms with E-state index in [9.17, 15) is 0 Å². The van der Waals surface area contributed by atoms with Gasteiger partial charge in [-0.2, -0.15) is 0 Å². The van der Waals surface area contributed by atoms with Gasteiger partial charge in [-0.25, -0.2) is 0 Å². The summed E-state index contributed by atoms with van der Waals surface area (Å²) >= 11 is 6.08. The van der Waals surface area contributed by atoms with Gasteiger partial charge in [-0.05, 0) is 24.5 Å². The summed E-state index contributed by atoms with van der Waals surface area (Å²) in [5.41, 5.74) is 7.49. The lowest BCUT2D eigenvalue weighted by atomic mass is 10.0. The van der Waals surface area contributed by atoms with E-state index in [4.69, 9.17) is 17.3 Å². The molecule has 2 rings (SSSR count). The summed E-state index contributed by atoms with van der Waals surface area (Å²) in [7, 11) is 0. The Morgan fingerprint density at radius 2 is 2.06 bits per heavy atom. The SMILES string of the molecule is Nc1cccc(Cl)c1NCCC1CCCC1. The Kier molecular flexibility index (Phi) is 3.94. The Morgan fingerprint density at radius 3 is 2.75 bits per heavy atom. The molecular formula is C13H19ClN2. The molecule has 1 aliphatic carbocycles. The molecule has 0 unspecified atom stereocenters. The molecule has 1 aromatic carbocycles. The largest absolute Gasteiger partial charge is 0.397 e. The molecule has 2 nitrogen and oxygen atoms in total. The van der Waals surface area contributed by atoms with Gasteiger partial charge in [0.05, 0.1) is 16.4 Å². The van der Waals surface area contributed by atoms with Gasteiger partial charge in [0.1, 0.15) is 0 Å². The number of nitrogens with one attached hydrogen (secondary N) is 1. The van der Waals surface area contributed by atoms with Gasteiger partial charge in [-0.1, -0.05) is 43.4 Å². The molecule has 0 aliphatic heterocycles. The monoisotopic (exact) mass is 238 g/mol. The first kappa shape index (κ1) is 11.6. The van der Waals surface area contributed by atoms with Crippen molar-refractivity contribution in [2.75, 3.05) is 17.6 Å². The third kappa shape index (κ3) is 2.82. The van der Waals surface area contributed by atoms with Crippen molar-refractivity contribution in [3.8, 4) is 0 Å². The van der Waals surface area contributed by atoms with E-state index in [0.717, 1.165) is 23.8 Å². The van der Waals surface area contributed by atoms with Crippen LogP contribution >= 0.6 is 11.6 Å². The van der Waals surface area contributed by atoms with Crippen molar-refractivity contribution in [2.24, 2.45) is 5.92 Å². The first-order valence-corrected chi connectivity index (χ1v) is 6.43. The molecule has 0 spiro atoms. The van der Waals surface area contributed by atoms with Crippen LogP contribution in [0.4, 0.5) is 11.4 Å². The highest BCUT2D eigenvalue weighted by atomic mass is 35.5. The van der Waals surface area contributed by atoms with Gasteiger partial charge in [-0.3, -0.25) is 0 Å². The fourth-order valence-corrected chi connectivity index (χ4v) is 2.68. The molecule has 0 heterocycles.